The van der Waals surface area contributed by atoms with Crippen LogP contribution in [0.5, 0.6) is 0 Å². The quantitative estimate of drug-likeness (QED) is 0.746. The van der Waals surface area contributed by atoms with E-state index in [1.807, 2.05) is 0 Å². The number of hydrogen-bond acceptors (Lipinski definition) is 5. The molecule has 0 saturated carbocycles. The minimum Gasteiger partial charge on any atom is -0.397 e. The zero-order valence-electron chi connectivity index (χ0n) is 9.63. The monoisotopic (exact) mass is 270 g/mol. The molecule has 2 rings (SSSR count). The van der Waals surface area contributed by atoms with Crippen LogP contribution in [0.25, 0.3) is 0 Å². The molecule has 7 heteroatoms. The van der Waals surface area contributed by atoms with Gasteiger partial charge in [0.25, 0.3) is 0 Å². The van der Waals surface area contributed by atoms with Crippen LogP contribution in [0.15, 0.2) is 16.7 Å². The second kappa shape index (κ2) is 4.73. The largest absolute Gasteiger partial charge is 0.397 e. The summed E-state index contributed by atoms with van der Waals surface area (Å²) in [5, 5.41) is 6.37. The molecule has 1 aromatic carbocycles. The SMILES string of the molecule is Cc1cc(CNc2c(N)cc(N)c(Cl)c2F)on1. The number of hydrogen-bond donors (Lipinski definition) is 3. The first-order chi connectivity index (χ1) is 8.49. The molecule has 0 fully saturated rings. The van der Waals surface area contributed by atoms with Gasteiger partial charge in [0, 0.05) is 6.07 Å². The molecule has 5 nitrogen and oxygen atoms in total. The first-order valence-corrected chi connectivity index (χ1v) is 5.56. The molecular formula is C11H12ClFN4O. The maximum Gasteiger partial charge on any atom is 0.169 e. The van der Waals surface area contributed by atoms with E-state index < -0.39 is 5.82 Å². The standard InChI is InChI=1S/C11H12ClFN4O/c1-5-2-6(18-17-5)4-16-11-8(15)3-7(14)9(12)10(11)13/h2-3,16H,4,14-15H2,1H3. The first kappa shape index (κ1) is 12.5. The van der Waals surface area contributed by atoms with Crippen molar-refractivity contribution >= 4 is 28.7 Å². The molecule has 96 valence electrons. The molecule has 0 aliphatic heterocycles. The van der Waals surface area contributed by atoms with Gasteiger partial charge in [-0.25, -0.2) is 4.39 Å². The fourth-order valence-corrected chi connectivity index (χ4v) is 1.67. The highest BCUT2D eigenvalue weighted by molar-refractivity contribution is 6.33. The highest BCUT2D eigenvalue weighted by Gasteiger charge is 2.14. The molecule has 0 bridgehead atoms. The summed E-state index contributed by atoms with van der Waals surface area (Å²) in [6.07, 6.45) is 0. The lowest BCUT2D eigenvalue weighted by atomic mass is 10.2. The van der Waals surface area contributed by atoms with Crippen molar-refractivity contribution in [2.75, 3.05) is 16.8 Å². The first-order valence-electron chi connectivity index (χ1n) is 5.18. The van der Waals surface area contributed by atoms with Gasteiger partial charge in [0.05, 0.1) is 29.3 Å². The molecule has 0 spiro atoms. The van der Waals surface area contributed by atoms with Crippen LogP contribution in [0, 0.1) is 12.7 Å². The van der Waals surface area contributed by atoms with E-state index >= 15 is 0 Å². The van der Waals surface area contributed by atoms with Crippen LogP contribution in [0.2, 0.25) is 5.02 Å². The average Bonchev–Trinajstić information content (AvgIpc) is 2.72. The fourth-order valence-electron chi connectivity index (χ4n) is 1.52. The molecule has 0 radical (unpaired) electrons. The Morgan fingerprint density at radius 1 is 1.39 bits per heavy atom. The van der Waals surface area contributed by atoms with Crippen LogP contribution in [-0.2, 0) is 6.54 Å². The third-order valence-electron chi connectivity index (χ3n) is 2.38. The zero-order chi connectivity index (χ0) is 13.3. The van der Waals surface area contributed by atoms with Crippen LogP contribution >= 0.6 is 11.6 Å². The molecule has 0 aliphatic carbocycles. The van der Waals surface area contributed by atoms with Crippen LogP contribution in [-0.4, -0.2) is 5.16 Å². The van der Waals surface area contributed by atoms with Crippen molar-refractivity contribution in [1.82, 2.24) is 5.16 Å². The van der Waals surface area contributed by atoms with Crippen molar-refractivity contribution in [1.29, 1.82) is 0 Å². The zero-order valence-corrected chi connectivity index (χ0v) is 10.4. The predicted molar refractivity (Wildman–Crippen MR) is 68.8 cm³/mol. The van der Waals surface area contributed by atoms with Crippen molar-refractivity contribution in [3.8, 4) is 0 Å². The Morgan fingerprint density at radius 3 is 2.72 bits per heavy atom. The number of nitrogens with two attached hydrogens (primary N) is 2. The average molecular weight is 271 g/mol. The van der Waals surface area contributed by atoms with E-state index in [4.69, 9.17) is 27.6 Å². The second-order valence-corrected chi connectivity index (χ2v) is 4.22. The fraction of sp³-hybridized carbons (Fsp3) is 0.182. The number of benzene rings is 1. The molecule has 0 amide bonds. The summed E-state index contributed by atoms with van der Waals surface area (Å²) >= 11 is 5.71. The van der Waals surface area contributed by atoms with E-state index in [0.717, 1.165) is 5.69 Å². The third kappa shape index (κ3) is 2.33. The van der Waals surface area contributed by atoms with Gasteiger partial charge >= 0.3 is 0 Å². The number of halogens is 2. The summed E-state index contributed by atoms with van der Waals surface area (Å²) in [6, 6.07) is 3.14. The lowest BCUT2D eigenvalue weighted by Gasteiger charge is -2.11. The molecular weight excluding hydrogens is 259 g/mol. The molecule has 2 aromatic rings. The van der Waals surface area contributed by atoms with Crippen molar-refractivity contribution in [3.05, 3.63) is 34.4 Å². The van der Waals surface area contributed by atoms with E-state index in [9.17, 15) is 4.39 Å². The molecule has 5 N–H and O–H groups in total. The number of nitrogen functional groups attached to an aromatic ring is 2. The van der Waals surface area contributed by atoms with Gasteiger partial charge in [0.15, 0.2) is 11.6 Å². The lowest BCUT2D eigenvalue weighted by Crippen LogP contribution is -2.06. The topological polar surface area (TPSA) is 90.1 Å². The van der Waals surface area contributed by atoms with E-state index in [2.05, 4.69) is 10.5 Å². The van der Waals surface area contributed by atoms with Gasteiger partial charge in [-0.1, -0.05) is 16.8 Å². The summed E-state index contributed by atoms with van der Waals surface area (Å²) < 4.78 is 18.8. The minimum atomic E-state index is -0.676. The summed E-state index contributed by atoms with van der Waals surface area (Å²) in [7, 11) is 0. The predicted octanol–water partition coefficient (Wildman–Crippen LogP) is 2.55. The summed E-state index contributed by atoms with van der Waals surface area (Å²) in [5.41, 5.74) is 12.3. The highest BCUT2D eigenvalue weighted by Crippen LogP contribution is 2.33. The Labute approximate surface area is 108 Å². The third-order valence-corrected chi connectivity index (χ3v) is 2.77. The Bertz CT molecular complexity index is 585. The molecule has 18 heavy (non-hydrogen) atoms. The molecule has 1 heterocycles. The van der Waals surface area contributed by atoms with Crippen molar-refractivity contribution in [3.63, 3.8) is 0 Å². The Balaban J connectivity index is 2.22. The van der Waals surface area contributed by atoms with E-state index in [1.165, 1.54) is 6.07 Å². The maximum absolute atomic E-state index is 13.8. The molecule has 0 aliphatic rings. The smallest absolute Gasteiger partial charge is 0.169 e. The normalized spacial score (nSPS) is 10.6. The van der Waals surface area contributed by atoms with Crippen LogP contribution in [0.3, 0.4) is 0 Å². The molecule has 1 aromatic heterocycles. The van der Waals surface area contributed by atoms with Gasteiger partial charge in [-0.2, -0.15) is 0 Å². The Morgan fingerprint density at radius 2 is 2.11 bits per heavy atom. The highest BCUT2D eigenvalue weighted by atomic mass is 35.5. The van der Waals surface area contributed by atoms with Gasteiger partial charge in [-0.05, 0) is 13.0 Å². The Hall–Kier alpha value is -1.95. The Kier molecular flexibility index (Phi) is 3.29. The van der Waals surface area contributed by atoms with Crippen molar-refractivity contribution < 1.29 is 8.91 Å². The number of aromatic nitrogens is 1. The molecule has 0 unspecified atom stereocenters. The summed E-state index contributed by atoms with van der Waals surface area (Å²) in [6.45, 7) is 2.05. The van der Waals surface area contributed by atoms with Crippen LogP contribution < -0.4 is 16.8 Å². The van der Waals surface area contributed by atoms with Gasteiger partial charge < -0.3 is 21.3 Å². The van der Waals surface area contributed by atoms with Crippen LogP contribution in [0.1, 0.15) is 11.5 Å². The van der Waals surface area contributed by atoms with E-state index in [1.54, 1.807) is 13.0 Å². The summed E-state index contributed by atoms with van der Waals surface area (Å²) in [4.78, 5) is 0. The maximum atomic E-state index is 13.8. The lowest BCUT2D eigenvalue weighted by molar-refractivity contribution is 0.384. The second-order valence-electron chi connectivity index (χ2n) is 3.85. The van der Waals surface area contributed by atoms with Gasteiger partial charge in [-0.3, -0.25) is 0 Å². The number of aryl methyl sites for hydroxylation is 1. The van der Waals surface area contributed by atoms with Gasteiger partial charge in [0.1, 0.15) is 5.02 Å². The van der Waals surface area contributed by atoms with E-state index in [-0.39, 0.29) is 28.6 Å². The van der Waals surface area contributed by atoms with Crippen LogP contribution in [0.4, 0.5) is 21.5 Å². The number of nitrogens with one attached hydrogen (secondary N) is 1. The number of anilines is 3. The number of rotatable bonds is 3. The van der Waals surface area contributed by atoms with Crippen molar-refractivity contribution in [2.45, 2.75) is 13.5 Å². The van der Waals surface area contributed by atoms with Gasteiger partial charge in [-0.15, -0.1) is 0 Å². The number of nitrogens with zero attached hydrogens (tertiary/aromatic N) is 1. The van der Waals surface area contributed by atoms with Gasteiger partial charge in [0.2, 0.25) is 0 Å². The van der Waals surface area contributed by atoms with Crippen molar-refractivity contribution in [2.24, 2.45) is 0 Å². The van der Waals surface area contributed by atoms with E-state index in [0.29, 0.717) is 5.76 Å². The molecule has 0 saturated heterocycles. The minimum absolute atomic E-state index is 0.100. The molecule has 0 atom stereocenters. The summed E-state index contributed by atoms with van der Waals surface area (Å²) in [5.74, 6) is -0.107.